The van der Waals surface area contributed by atoms with Crippen LogP contribution >= 0.6 is 0 Å². The van der Waals surface area contributed by atoms with Gasteiger partial charge in [0.05, 0.1) is 0 Å². The Bertz CT molecular complexity index is 322. The smallest absolute Gasteiger partial charge is 0.303 e. The van der Waals surface area contributed by atoms with Gasteiger partial charge in [0, 0.05) is 38.9 Å². The van der Waals surface area contributed by atoms with E-state index in [9.17, 15) is 14.4 Å². The Morgan fingerprint density at radius 3 is 2.33 bits per heavy atom. The number of carboxylic acids is 1. The molecule has 2 amide bonds. The van der Waals surface area contributed by atoms with Crippen molar-refractivity contribution < 1.29 is 19.5 Å². The van der Waals surface area contributed by atoms with Gasteiger partial charge in [-0.2, -0.15) is 0 Å². The predicted molar refractivity (Wildman–Crippen MR) is 64.9 cm³/mol. The van der Waals surface area contributed by atoms with Gasteiger partial charge in [0.25, 0.3) is 0 Å². The molecule has 1 saturated heterocycles. The quantitative estimate of drug-likeness (QED) is 0.744. The first-order valence-corrected chi connectivity index (χ1v) is 6.25. The van der Waals surface area contributed by atoms with Crippen LogP contribution in [0.25, 0.3) is 0 Å². The number of carbonyl (C=O) groups excluding carboxylic acids is 2. The van der Waals surface area contributed by atoms with Crippen molar-refractivity contribution >= 4 is 17.8 Å². The molecule has 102 valence electrons. The highest BCUT2D eigenvalue weighted by Crippen LogP contribution is 2.10. The molecule has 0 spiro atoms. The molecule has 0 unspecified atom stereocenters. The fraction of sp³-hybridized carbons (Fsp3) is 0.750. The van der Waals surface area contributed by atoms with Crippen LogP contribution in [0.5, 0.6) is 0 Å². The minimum atomic E-state index is -0.877. The Balaban J connectivity index is 2.18. The van der Waals surface area contributed by atoms with Gasteiger partial charge in [-0.25, -0.2) is 0 Å². The molecule has 6 heteroatoms. The van der Waals surface area contributed by atoms with E-state index >= 15 is 0 Å². The second kappa shape index (κ2) is 6.98. The molecule has 1 heterocycles. The maximum absolute atomic E-state index is 11.5. The van der Waals surface area contributed by atoms with Gasteiger partial charge in [0.15, 0.2) is 0 Å². The molecule has 0 radical (unpaired) electrons. The summed E-state index contributed by atoms with van der Waals surface area (Å²) in [6.07, 6.45) is 2.18. The van der Waals surface area contributed by atoms with Crippen molar-refractivity contribution in [3.05, 3.63) is 0 Å². The number of aliphatic carboxylic acids is 1. The lowest BCUT2D eigenvalue weighted by Crippen LogP contribution is -2.45. The topological polar surface area (TPSA) is 86.7 Å². The Morgan fingerprint density at radius 1 is 1.22 bits per heavy atom. The van der Waals surface area contributed by atoms with Crippen molar-refractivity contribution in [2.75, 3.05) is 13.1 Å². The Hall–Kier alpha value is -1.59. The van der Waals surface area contributed by atoms with Gasteiger partial charge in [-0.05, 0) is 19.3 Å². The van der Waals surface area contributed by atoms with Crippen molar-refractivity contribution in [2.45, 2.75) is 45.1 Å². The van der Waals surface area contributed by atoms with Gasteiger partial charge in [0.1, 0.15) is 0 Å². The average Bonchev–Trinajstić information content (AvgIpc) is 2.29. The SMILES string of the molecule is CC(=O)N1CCC(NC(=O)CCCC(=O)O)CC1. The number of nitrogens with zero attached hydrogens (tertiary/aromatic N) is 1. The summed E-state index contributed by atoms with van der Waals surface area (Å²) in [6, 6.07) is 0.109. The van der Waals surface area contributed by atoms with Gasteiger partial charge in [-0.1, -0.05) is 0 Å². The van der Waals surface area contributed by atoms with E-state index in [0.29, 0.717) is 19.5 Å². The van der Waals surface area contributed by atoms with Gasteiger partial charge in [-0.3, -0.25) is 14.4 Å². The largest absolute Gasteiger partial charge is 0.481 e. The summed E-state index contributed by atoms with van der Waals surface area (Å²) in [4.78, 5) is 34.7. The molecule has 18 heavy (non-hydrogen) atoms. The molecular formula is C12H20N2O4. The van der Waals surface area contributed by atoms with Crippen molar-refractivity contribution in [3.8, 4) is 0 Å². The molecule has 0 bridgehead atoms. The molecule has 2 N–H and O–H groups in total. The number of likely N-dealkylation sites (tertiary alicyclic amines) is 1. The van der Waals surface area contributed by atoms with E-state index in [4.69, 9.17) is 5.11 Å². The number of hydrogen-bond donors (Lipinski definition) is 2. The number of amides is 2. The molecule has 1 aliphatic heterocycles. The average molecular weight is 256 g/mol. The van der Waals surface area contributed by atoms with Crippen LogP contribution in [0.4, 0.5) is 0 Å². The summed E-state index contributed by atoms with van der Waals surface area (Å²) in [6.45, 7) is 2.90. The molecule has 0 aliphatic carbocycles. The lowest BCUT2D eigenvalue weighted by atomic mass is 10.0. The normalized spacial score (nSPS) is 16.4. The number of carbonyl (C=O) groups is 3. The molecule has 0 aromatic carbocycles. The Kier molecular flexibility index (Phi) is 5.61. The van der Waals surface area contributed by atoms with E-state index in [1.807, 2.05) is 0 Å². The van der Waals surface area contributed by atoms with E-state index in [-0.39, 0.29) is 30.7 Å². The van der Waals surface area contributed by atoms with Crippen molar-refractivity contribution in [3.63, 3.8) is 0 Å². The third-order valence-corrected chi connectivity index (χ3v) is 3.10. The minimum Gasteiger partial charge on any atom is -0.481 e. The van der Waals surface area contributed by atoms with Crippen LogP contribution in [0.2, 0.25) is 0 Å². The molecule has 6 nitrogen and oxygen atoms in total. The van der Waals surface area contributed by atoms with Crippen molar-refractivity contribution in [1.29, 1.82) is 0 Å². The first-order chi connectivity index (χ1) is 8.49. The third-order valence-electron chi connectivity index (χ3n) is 3.10. The van der Waals surface area contributed by atoms with Crippen LogP contribution in [0.15, 0.2) is 0 Å². The van der Waals surface area contributed by atoms with Crippen LogP contribution in [0.1, 0.15) is 39.0 Å². The molecule has 0 atom stereocenters. The summed E-state index contributed by atoms with van der Waals surface area (Å²) in [5.74, 6) is -0.906. The van der Waals surface area contributed by atoms with E-state index < -0.39 is 5.97 Å². The minimum absolute atomic E-state index is 0.0240. The summed E-state index contributed by atoms with van der Waals surface area (Å²) in [5, 5.41) is 11.3. The zero-order chi connectivity index (χ0) is 13.5. The van der Waals surface area contributed by atoms with Crippen LogP contribution in [0.3, 0.4) is 0 Å². The number of nitrogens with one attached hydrogen (secondary N) is 1. The third kappa shape index (κ3) is 5.16. The lowest BCUT2D eigenvalue weighted by Gasteiger charge is -2.31. The number of rotatable bonds is 5. The second-order valence-corrected chi connectivity index (χ2v) is 4.60. The van der Waals surface area contributed by atoms with E-state index in [0.717, 1.165) is 12.8 Å². The van der Waals surface area contributed by atoms with Crippen molar-refractivity contribution in [1.82, 2.24) is 10.2 Å². The highest BCUT2D eigenvalue weighted by atomic mass is 16.4. The fourth-order valence-electron chi connectivity index (χ4n) is 2.04. The van der Waals surface area contributed by atoms with Gasteiger partial charge in [-0.15, -0.1) is 0 Å². The monoisotopic (exact) mass is 256 g/mol. The van der Waals surface area contributed by atoms with Gasteiger partial charge in [0.2, 0.25) is 11.8 Å². The number of carboxylic acid groups (broad SMARTS) is 1. The molecule has 0 saturated carbocycles. The lowest BCUT2D eigenvalue weighted by molar-refractivity contribution is -0.137. The number of piperidine rings is 1. The highest BCUT2D eigenvalue weighted by molar-refractivity contribution is 5.77. The summed E-state index contributed by atoms with van der Waals surface area (Å²) in [5.41, 5.74) is 0. The van der Waals surface area contributed by atoms with Gasteiger partial charge >= 0.3 is 5.97 Å². The summed E-state index contributed by atoms with van der Waals surface area (Å²) in [7, 11) is 0. The standard InChI is InChI=1S/C12H20N2O4/c1-9(15)14-7-5-10(6-8-14)13-11(16)3-2-4-12(17)18/h10H,2-8H2,1H3,(H,13,16)(H,17,18). The van der Waals surface area contributed by atoms with Crippen LogP contribution < -0.4 is 5.32 Å². The van der Waals surface area contributed by atoms with Gasteiger partial charge < -0.3 is 15.3 Å². The second-order valence-electron chi connectivity index (χ2n) is 4.60. The maximum Gasteiger partial charge on any atom is 0.303 e. The van der Waals surface area contributed by atoms with Crippen LogP contribution in [0, 0.1) is 0 Å². The van der Waals surface area contributed by atoms with Crippen LogP contribution in [-0.4, -0.2) is 46.9 Å². The highest BCUT2D eigenvalue weighted by Gasteiger charge is 2.21. The Labute approximate surface area is 106 Å². The zero-order valence-electron chi connectivity index (χ0n) is 10.6. The molecule has 1 aliphatic rings. The van der Waals surface area contributed by atoms with E-state index in [1.54, 1.807) is 11.8 Å². The predicted octanol–water partition coefficient (Wildman–Crippen LogP) is 0.368. The molecule has 0 aromatic heterocycles. The molecule has 1 rings (SSSR count). The number of hydrogen-bond acceptors (Lipinski definition) is 3. The summed E-state index contributed by atoms with van der Waals surface area (Å²) >= 11 is 0. The molecule has 1 fully saturated rings. The summed E-state index contributed by atoms with van der Waals surface area (Å²) < 4.78 is 0. The van der Waals surface area contributed by atoms with Crippen LogP contribution in [-0.2, 0) is 14.4 Å². The first kappa shape index (κ1) is 14.5. The molecule has 0 aromatic rings. The fourth-order valence-corrected chi connectivity index (χ4v) is 2.04. The molecular weight excluding hydrogens is 236 g/mol. The maximum atomic E-state index is 11.5. The Morgan fingerprint density at radius 2 is 1.83 bits per heavy atom. The first-order valence-electron chi connectivity index (χ1n) is 6.25. The van der Waals surface area contributed by atoms with E-state index in [1.165, 1.54) is 0 Å². The zero-order valence-corrected chi connectivity index (χ0v) is 10.6. The van der Waals surface area contributed by atoms with Crippen molar-refractivity contribution in [2.24, 2.45) is 0 Å². The van der Waals surface area contributed by atoms with E-state index in [2.05, 4.69) is 5.32 Å².